The maximum absolute atomic E-state index is 12.3. The number of rotatable bonds is 8. The summed E-state index contributed by atoms with van der Waals surface area (Å²) >= 11 is 3.06. The van der Waals surface area contributed by atoms with Gasteiger partial charge in [0.2, 0.25) is 0 Å². The fourth-order valence-electron chi connectivity index (χ4n) is 2.50. The molecule has 2 aromatic heterocycles. The van der Waals surface area contributed by atoms with Gasteiger partial charge in [-0.25, -0.2) is 4.98 Å². The molecule has 0 aliphatic rings. The van der Waals surface area contributed by atoms with Crippen molar-refractivity contribution in [1.82, 2.24) is 4.98 Å². The van der Waals surface area contributed by atoms with Crippen molar-refractivity contribution < 1.29 is 23.8 Å². The van der Waals surface area contributed by atoms with Crippen molar-refractivity contribution in [3.8, 4) is 21.4 Å². The van der Waals surface area contributed by atoms with Crippen LogP contribution in [0.1, 0.15) is 12.6 Å². The van der Waals surface area contributed by atoms with Gasteiger partial charge in [0.15, 0.2) is 17.6 Å². The van der Waals surface area contributed by atoms with Crippen LogP contribution in [0.15, 0.2) is 41.1 Å². The van der Waals surface area contributed by atoms with Crippen molar-refractivity contribution >= 4 is 40.2 Å². The first-order valence-electron chi connectivity index (χ1n) is 8.70. The van der Waals surface area contributed by atoms with Gasteiger partial charge in [-0.3, -0.25) is 9.59 Å². The lowest BCUT2D eigenvalue weighted by atomic mass is 10.2. The number of amides is 1. The number of nitrogens with one attached hydrogen (secondary N) is 1. The molecule has 0 saturated carbocycles. The van der Waals surface area contributed by atoms with Crippen LogP contribution in [0.5, 0.6) is 11.5 Å². The molecule has 3 aromatic rings. The average Bonchev–Trinajstić information content (AvgIpc) is 3.39. The third-order valence-corrected chi connectivity index (χ3v) is 5.87. The molecule has 0 aliphatic heterocycles. The predicted octanol–water partition coefficient (Wildman–Crippen LogP) is 4.00. The number of benzene rings is 1. The zero-order chi connectivity index (χ0) is 20.8. The van der Waals surface area contributed by atoms with E-state index in [2.05, 4.69) is 10.3 Å². The van der Waals surface area contributed by atoms with E-state index >= 15 is 0 Å². The summed E-state index contributed by atoms with van der Waals surface area (Å²) in [6.07, 6.45) is -0.943. The first kappa shape index (κ1) is 20.8. The first-order valence-corrected chi connectivity index (χ1v) is 10.5. The van der Waals surface area contributed by atoms with E-state index in [4.69, 9.17) is 14.2 Å². The van der Waals surface area contributed by atoms with Gasteiger partial charge in [0.05, 0.1) is 31.2 Å². The van der Waals surface area contributed by atoms with Gasteiger partial charge >= 0.3 is 5.97 Å². The van der Waals surface area contributed by atoms with Crippen LogP contribution in [0.2, 0.25) is 0 Å². The molecular formula is C20H20N2O5S2. The van der Waals surface area contributed by atoms with Crippen molar-refractivity contribution in [2.75, 3.05) is 19.5 Å². The van der Waals surface area contributed by atoms with E-state index in [1.54, 1.807) is 29.5 Å². The lowest BCUT2D eigenvalue weighted by Crippen LogP contribution is -2.30. The topological polar surface area (TPSA) is 86.8 Å². The van der Waals surface area contributed by atoms with Gasteiger partial charge in [0.25, 0.3) is 5.91 Å². The summed E-state index contributed by atoms with van der Waals surface area (Å²) < 4.78 is 15.6. The summed E-state index contributed by atoms with van der Waals surface area (Å²) in [4.78, 5) is 30.0. The molecule has 0 aliphatic carbocycles. The van der Waals surface area contributed by atoms with E-state index in [1.165, 1.54) is 32.5 Å². The normalized spacial score (nSPS) is 11.6. The fraction of sp³-hybridized carbons (Fsp3) is 0.250. The number of thiazole rings is 1. The minimum atomic E-state index is -0.953. The zero-order valence-corrected chi connectivity index (χ0v) is 17.8. The molecule has 9 heteroatoms. The number of carbonyl (C=O) groups excluding carboxylic acids is 2. The highest BCUT2D eigenvalue weighted by molar-refractivity contribution is 7.20. The summed E-state index contributed by atoms with van der Waals surface area (Å²) in [5, 5.41) is 7.36. The van der Waals surface area contributed by atoms with Crippen molar-refractivity contribution in [3.63, 3.8) is 0 Å². The Balaban J connectivity index is 1.54. The summed E-state index contributed by atoms with van der Waals surface area (Å²) in [7, 11) is 3.04. The quantitative estimate of drug-likeness (QED) is 0.542. The number of methoxy groups -OCH3 is 2. The van der Waals surface area contributed by atoms with Crippen LogP contribution < -0.4 is 14.8 Å². The number of thiophene rings is 1. The number of hydrogen-bond acceptors (Lipinski definition) is 8. The summed E-state index contributed by atoms with van der Waals surface area (Å²) in [6.45, 7) is 1.52. The lowest BCUT2D eigenvalue weighted by molar-refractivity contribution is -0.152. The monoisotopic (exact) mass is 432 g/mol. The molecule has 152 valence electrons. The van der Waals surface area contributed by atoms with Crippen LogP contribution in [0.4, 0.5) is 5.69 Å². The van der Waals surface area contributed by atoms with Crippen molar-refractivity contribution in [3.05, 3.63) is 46.8 Å². The molecule has 2 heterocycles. The number of carbonyl (C=O) groups is 2. The third kappa shape index (κ3) is 5.33. The Bertz CT molecular complexity index is 985. The Hall–Kier alpha value is -2.91. The van der Waals surface area contributed by atoms with Gasteiger partial charge in [-0.15, -0.1) is 22.7 Å². The number of anilines is 1. The molecule has 0 saturated heterocycles. The summed E-state index contributed by atoms with van der Waals surface area (Å²) in [5.74, 6) is 0.0845. The molecular weight excluding hydrogens is 412 g/mol. The van der Waals surface area contributed by atoms with E-state index in [0.29, 0.717) is 22.9 Å². The van der Waals surface area contributed by atoms with E-state index in [9.17, 15) is 9.59 Å². The lowest BCUT2D eigenvalue weighted by Gasteiger charge is -2.14. The Morgan fingerprint density at radius 3 is 2.62 bits per heavy atom. The second-order valence-electron chi connectivity index (χ2n) is 5.99. The average molecular weight is 433 g/mol. The molecule has 7 nitrogen and oxygen atoms in total. The number of ether oxygens (including phenoxy) is 3. The van der Waals surface area contributed by atoms with E-state index in [1.807, 2.05) is 22.9 Å². The van der Waals surface area contributed by atoms with Crippen molar-refractivity contribution in [2.24, 2.45) is 0 Å². The SMILES string of the molecule is COc1ccc(NC(=O)C(C)OC(=O)Cc2csc(-c3cccs3)n2)cc1OC. The molecule has 0 bridgehead atoms. The van der Waals surface area contributed by atoms with Gasteiger partial charge < -0.3 is 19.5 Å². The van der Waals surface area contributed by atoms with Crippen molar-refractivity contribution in [1.29, 1.82) is 0 Å². The molecule has 29 heavy (non-hydrogen) atoms. The second-order valence-corrected chi connectivity index (χ2v) is 7.79. The third-order valence-electron chi connectivity index (χ3n) is 3.94. The van der Waals surface area contributed by atoms with Gasteiger partial charge in [-0.05, 0) is 30.5 Å². The maximum Gasteiger partial charge on any atom is 0.312 e. The van der Waals surface area contributed by atoms with E-state index < -0.39 is 18.0 Å². The minimum Gasteiger partial charge on any atom is -0.493 e. The molecule has 1 atom stereocenters. The van der Waals surface area contributed by atoms with Crippen LogP contribution in [0, 0.1) is 0 Å². The molecule has 0 spiro atoms. The largest absolute Gasteiger partial charge is 0.493 e. The molecule has 1 aromatic carbocycles. The number of esters is 1. The van der Waals surface area contributed by atoms with Crippen LogP contribution in [0.25, 0.3) is 9.88 Å². The summed E-state index contributed by atoms with van der Waals surface area (Å²) in [6, 6.07) is 8.92. The van der Waals surface area contributed by atoms with Gasteiger partial charge in [0, 0.05) is 17.1 Å². The van der Waals surface area contributed by atoms with Crippen molar-refractivity contribution in [2.45, 2.75) is 19.4 Å². The number of aromatic nitrogens is 1. The summed E-state index contributed by atoms with van der Waals surface area (Å²) in [5.41, 5.74) is 1.13. The Morgan fingerprint density at radius 2 is 1.93 bits per heavy atom. The molecule has 3 rings (SSSR count). The van der Waals surface area contributed by atoms with E-state index in [0.717, 1.165) is 9.88 Å². The molecule has 0 radical (unpaired) electrons. The maximum atomic E-state index is 12.3. The Labute approximate surface area is 176 Å². The van der Waals surface area contributed by atoms with Gasteiger partial charge in [0.1, 0.15) is 5.01 Å². The molecule has 1 unspecified atom stereocenters. The van der Waals surface area contributed by atoms with Gasteiger partial charge in [-0.1, -0.05) is 6.07 Å². The molecule has 1 N–H and O–H groups in total. The molecule has 1 amide bonds. The Kier molecular flexibility index (Phi) is 6.84. The predicted molar refractivity (Wildman–Crippen MR) is 113 cm³/mol. The van der Waals surface area contributed by atoms with E-state index in [-0.39, 0.29) is 6.42 Å². The number of hydrogen-bond donors (Lipinski definition) is 1. The highest BCUT2D eigenvalue weighted by Crippen LogP contribution is 2.30. The van der Waals surface area contributed by atoms with Crippen LogP contribution in [-0.4, -0.2) is 37.2 Å². The zero-order valence-electron chi connectivity index (χ0n) is 16.1. The number of nitrogens with zero attached hydrogens (tertiary/aromatic N) is 1. The first-order chi connectivity index (χ1) is 14.0. The van der Waals surface area contributed by atoms with Crippen LogP contribution in [0.3, 0.4) is 0 Å². The molecule has 0 fully saturated rings. The van der Waals surface area contributed by atoms with Crippen LogP contribution >= 0.6 is 22.7 Å². The Morgan fingerprint density at radius 1 is 1.14 bits per heavy atom. The standard InChI is InChI=1S/C20H20N2O5S2/c1-12(19(24)21-13-6-7-15(25-2)16(9-13)26-3)27-18(23)10-14-11-29-20(22-14)17-5-4-8-28-17/h4-9,11-12H,10H2,1-3H3,(H,21,24). The minimum absolute atomic E-state index is 0.00978. The highest BCUT2D eigenvalue weighted by atomic mass is 32.1. The highest BCUT2D eigenvalue weighted by Gasteiger charge is 2.20. The van der Waals surface area contributed by atoms with Crippen LogP contribution in [-0.2, 0) is 20.7 Å². The fourth-order valence-corrected chi connectivity index (χ4v) is 4.13. The van der Waals surface area contributed by atoms with Gasteiger partial charge in [-0.2, -0.15) is 0 Å². The smallest absolute Gasteiger partial charge is 0.312 e. The second kappa shape index (κ2) is 9.53.